The van der Waals surface area contributed by atoms with Crippen molar-refractivity contribution in [3.05, 3.63) is 41.1 Å². The lowest BCUT2D eigenvalue weighted by Gasteiger charge is -2.15. The number of nitrogens with one attached hydrogen (secondary N) is 1. The average Bonchev–Trinajstić information content (AvgIpc) is 3.12. The van der Waals surface area contributed by atoms with Gasteiger partial charge in [-0.3, -0.25) is 5.32 Å². The SMILES string of the molecule is CCc1nnc(NC(=O)N(C)Cc2cc3ccccc3o2)s1. The third-order valence-corrected chi connectivity index (χ3v) is 4.18. The molecule has 0 saturated carbocycles. The summed E-state index contributed by atoms with van der Waals surface area (Å²) in [5, 5.41) is 13.1. The van der Waals surface area contributed by atoms with Gasteiger partial charge in [0.15, 0.2) is 0 Å². The number of aryl methyl sites for hydroxylation is 1. The molecule has 1 N–H and O–H groups in total. The highest BCUT2D eigenvalue weighted by Crippen LogP contribution is 2.20. The van der Waals surface area contributed by atoms with Gasteiger partial charge in [0.25, 0.3) is 0 Å². The van der Waals surface area contributed by atoms with Crippen LogP contribution in [0, 0.1) is 0 Å². The molecule has 0 atom stereocenters. The van der Waals surface area contributed by atoms with Gasteiger partial charge in [0, 0.05) is 12.4 Å². The smallest absolute Gasteiger partial charge is 0.323 e. The highest BCUT2D eigenvalue weighted by molar-refractivity contribution is 7.15. The van der Waals surface area contributed by atoms with Crippen LogP contribution in [0.3, 0.4) is 0 Å². The van der Waals surface area contributed by atoms with Crippen molar-refractivity contribution >= 4 is 33.5 Å². The number of nitrogens with zero attached hydrogens (tertiary/aromatic N) is 3. The van der Waals surface area contributed by atoms with Crippen molar-refractivity contribution in [3.8, 4) is 0 Å². The van der Waals surface area contributed by atoms with Crippen molar-refractivity contribution in [2.45, 2.75) is 19.9 Å². The predicted molar refractivity (Wildman–Crippen MR) is 86.0 cm³/mol. The minimum absolute atomic E-state index is 0.237. The van der Waals surface area contributed by atoms with E-state index in [1.165, 1.54) is 11.3 Å². The molecule has 0 saturated heterocycles. The number of para-hydroxylation sites is 1. The van der Waals surface area contributed by atoms with Gasteiger partial charge in [-0.15, -0.1) is 10.2 Å². The largest absolute Gasteiger partial charge is 0.459 e. The highest BCUT2D eigenvalue weighted by Gasteiger charge is 2.14. The van der Waals surface area contributed by atoms with Gasteiger partial charge in [0.05, 0.1) is 6.54 Å². The molecule has 0 aliphatic heterocycles. The van der Waals surface area contributed by atoms with E-state index < -0.39 is 0 Å². The second-order valence-corrected chi connectivity index (χ2v) is 5.95. The van der Waals surface area contributed by atoms with Crippen molar-refractivity contribution in [2.75, 3.05) is 12.4 Å². The van der Waals surface area contributed by atoms with E-state index >= 15 is 0 Å². The monoisotopic (exact) mass is 316 g/mol. The van der Waals surface area contributed by atoms with Gasteiger partial charge in [0.1, 0.15) is 16.4 Å². The Bertz CT molecular complexity index is 763. The third kappa shape index (κ3) is 3.09. The molecule has 3 rings (SSSR count). The number of fused-ring (bicyclic) bond motifs is 1. The molecular weight excluding hydrogens is 300 g/mol. The zero-order valence-corrected chi connectivity index (χ0v) is 13.2. The Morgan fingerprint density at radius 1 is 1.36 bits per heavy atom. The fraction of sp³-hybridized carbons (Fsp3) is 0.267. The van der Waals surface area contributed by atoms with Crippen molar-refractivity contribution < 1.29 is 9.21 Å². The molecule has 1 aromatic carbocycles. The maximum atomic E-state index is 12.1. The lowest BCUT2D eigenvalue weighted by molar-refractivity contribution is 0.217. The summed E-state index contributed by atoms with van der Waals surface area (Å²) in [6.07, 6.45) is 0.808. The van der Waals surface area contributed by atoms with Crippen LogP contribution in [0.15, 0.2) is 34.7 Å². The van der Waals surface area contributed by atoms with E-state index in [1.54, 1.807) is 11.9 Å². The van der Waals surface area contributed by atoms with E-state index in [1.807, 2.05) is 37.3 Å². The van der Waals surface area contributed by atoms with Crippen LogP contribution in [-0.2, 0) is 13.0 Å². The van der Waals surface area contributed by atoms with E-state index in [-0.39, 0.29) is 6.03 Å². The van der Waals surface area contributed by atoms with Crippen LogP contribution in [0.4, 0.5) is 9.93 Å². The highest BCUT2D eigenvalue weighted by atomic mass is 32.1. The number of amides is 2. The Labute approximate surface area is 131 Å². The molecule has 0 bridgehead atoms. The van der Waals surface area contributed by atoms with Gasteiger partial charge in [0.2, 0.25) is 5.13 Å². The number of carbonyl (C=O) groups is 1. The first-order chi connectivity index (χ1) is 10.7. The maximum absolute atomic E-state index is 12.1. The zero-order valence-electron chi connectivity index (χ0n) is 12.4. The molecule has 2 amide bonds. The fourth-order valence-electron chi connectivity index (χ4n) is 2.05. The molecule has 2 aromatic heterocycles. The second kappa shape index (κ2) is 6.15. The Hall–Kier alpha value is -2.41. The predicted octanol–water partition coefficient (Wildman–Crippen LogP) is 3.51. The molecule has 2 heterocycles. The van der Waals surface area contributed by atoms with E-state index in [9.17, 15) is 4.79 Å². The molecule has 3 aromatic rings. The van der Waals surface area contributed by atoms with Crippen LogP contribution in [0.2, 0.25) is 0 Å². The summed E-state index contributed by atoms with van der Waals surface area (Å²) < 4.78 is 5.71. The molecule has 0 fully saturated rings. The number of furan rings is 1. The van der Waals surface area contributed by atoms with Crippen molar-refractivity contribution in [2.24, 2.45) is 0 Å². The Kier molecular flexibility index (Phi) is 4.06. The number of hydrogen-bond donors (Lipinski definition) is 1. The third-order valence-electron chi connectivity index (χ3n) is 3.20. The quantitative estimate of drug-likeness (QED) is 0.799. The number of carbonyl (C=O) groups excluding carboxylic acids is 1. The van der Waals surface area contributed by atoms with E-state index in [0.29, 0.717) is 11.7 Å². The molecule has 114 valence electrons. The molecule has 0 spiro atoms. The number of urea groups is 1. The van der Waals surface area contributed by atoms with Crippen LogP contribution in [-0.4, -0.2) is 28.2 Å². The lowest BCUT2D eigenvalue weighted by Crippen LogP contribution is -2.30. The molecule has 7 heteroatoms. The first-order valence-electron chi connectivity index (χ1n) is 6.97. The van der Waals surface area contributed by atoms with Crippen molar-refractivity contribution in [3.63, 3.8) is 0 Å². The van der Waals surface area contributed by atoms with Crippen molar-refractivity contribution in [1.29, 1.82) is 0 Å². The molecule has 0 aliphatic rings. The zero-order chi connectivity index (χ0) is 15.5. The summed E-state index contributed by atoms with van der Waals surface area (Å²) >= 11 is 1.38. The van der Waals surface area contributed by atoms with Gasteiger partial charge in [-0.1, -0.05) is 36.5 Å². The molecule has 0 radical (unpaired) electrons. The summed E-state index contributed by atoms with van der Waals surface area (Å²) in [5.74, 6) is 0.741. The van der Waals surface area contributed by atoms with Crippen LogP contribution in [0.5, 0.6) is 0 Å². The van der Waals surface area contributed by atoms with E-state index in [0.717, 1.165) is 28.2 Å². The Morgan fingerprint density at radius 2 is 2.18 bits per heavy atom. The molecule has 0 unspecified atom stereocenters. The van der Waals surface area contributed by atoms with Crippen LogP contribution >= 0.6 is 11.3 Å². The maximum Gasteiger partial charge on any atom is 0.323 e. The molecule has 22 heavy (non-hydrogen) atoms. The van der Waals surface area contributed by atoms with Crippen molar-refractivity contribution in [1.82, 2.24) is 15.1 Å². The molecular formula is C15H16N4O2S. The van der Waals surface area contributed by atoms with Crippen LogP contribution in [0.1, 0.15) is 17.7 Å². The Morgan fingerprint density at radius 3 is 2.91 bits per heavy atom. The fourth-order valence-corrected chi connectivity index (χ4v) is 2.72. The standard InChI is InChI=1S/C15H16N4O2S/c1-3-13-17-18-14(22-13)16-15(20)19(2)9-11-8-10-6-4-5-7-12(10)21-11/h4-8H,3,9H2,1-2H3,(H,16,18,20). The van der Waals surface area contributed by atoms with Gasteiger partial charge in [-0.05, 0) is 18.6 Å². The summed E-state index contributed by atoms with van der Waals surface area (Å²) in [4.78, 5) is 13.7. The van der Waals surface area contributed by atoms with E-state index in [2.05, 4.69) is 15.5 Å². The minimum Gasteiger partial charge on any atom is -0.459 e. The van der Waals surface area contributed by atoms with Gasteiger partial charge in [-0.25, -0.2) is 4.79 Å². The average molecular weight is 316 g/mol. The van der Waals surface area contributed by atoms with Gasteiger partial charge >= 0.3 is 6.03 Å². The summed E-state index contributed by atoms with van der Waals surface area (Å²) in [6, 6.07) is 9.48. The number of rotatable bonds is 4. The molecule has 6 nitrogen and oxygen atoms in total. The van der Waals surface area contributed by atoms with Crippen LogP contribution < -0.4 is 5.32 Å². The van der Waals surface area contributed by atoms with E-state index in [4.69, 9.17) is 4.42 Å². The lowest BCUT2D eigenvalue weighted by atomic mass is 10.2. The first kappa shape index (κ1) is 14.5. The van der Waals surface area contributed by atoms with Gasteiger partial charge in [-0.2, -0.15) is 0 Å². The second-order valence-electron chi connectivity index (χ2n) is 4.89. The number of aromatic nitrogens is 2. The minimum atomic E-state index is -0.237. The normalized spacial score (nSPS) is 10.8. The molecule has 0 aliphatic carbocycles. The first-order valence-corrected chi connectivity index (χ1v) is 7.79. The summed E-state index contributed by atoms with van der Waals surface area (Å²) in [5.41, 5.74) is 0.822. The summed E-state index contributed by atoms with van der Waals surface area (Å²) in [7, 11) is 1.71. The number of benzene rings is 1. The summed E-state index contributed by atoms with van der Waals surface area (Å²) in [6.45, 7) is 2.39. The number of anilines is 1. The van der Waals surface area contributed by atoms with Crippen LogP contribution in [0.25, 0.3) is 11.0 Å². The number of hydrogen-bond acceptors (Lipinski definition) is 5. The van der Waals surface area contributed by atoms with Gasteiger partial charge < -0.3 is 9.32 Å². The topological polar surface area (TPSA) is 71.3 Å². The Balaban J connectivity index is 1.65.